The zero-order valence-electron chi connectivity index (χ0n) is 21.5. The molecule has 3 aliphatic rings. The van der Waals surface area contributed by atoms with Gasteiger partial charge in [-0.2, -0.15) is 4.98 Å². The van der Waals surface area contributed by atoms with E-state index in [1.54, 1.807) is 19.1 Å². The highest BCUT2D eigenvalue weighted by molar-refractivity contribution is 6.35. The SMILES string of the molecule is Cc1nc(N2CC([C@H]3CCCN(C4CC(C)(C(=O)O)C4)C3)C2)nc(NC(C)c2ccc(Cl)cc2Cl)c1F. The molecule has 3 fully saturated rings. The third-order valence-electron chi connectivity index (χ3n) is 8.54. The minimum Gasteiger partial charge on any atom is -0.481 e. The van der Waals surface area contributed by atoms with E-state index in [4.69, 9.17) is 23.2 Å². The van der Waals surface area contributed by atoms with Gasteiger partial charge in [0, 0.05) is 35.7 Å². The first-order valence-corrected chi connectivity index (χ1v) is 13.8. The van der Waals surface area contributed by atoms with Gasteiger partial charge in [0.1, 0.15) is 0 Å². The molecule has 0 spiro atoms. The molecule has 2 atom stereocenters. The molecule has 0 amide bonds. The standard InChI is InChI=1S/C27H34Cl2FN5O2/c1-15(21-7-6-19(28)9-22(21)29)31-24-23(30)16(2)32-26(33-24)35-13-18(14-35)17-5-4-8-34(12-17)20-10-27(3,11-20)25(36)37/h6-7,9,15,17-18,20H,4-5,8,10-14H2,1-3H3,(H,36,37)(H,31,32,33)/t15?,17-,20?,27?/m0/s1. The average molecular weight is 551 g/mol. The van der Waals surface area contributed by atoms with E-state index in [1.165, 1.54) is 6.42 Å². The molecule has 5 rings (SSSR count). The molecule has 3 heterocycles. The lowest BCUT2D eigenvalue weighted by Crippen LogP contribution is -2.58. The lowest BCUT2D eigenvalue weighted by Gasteiger charge is -2.52. The number of carboxylic acids is 1. The van der Waals surface area contributed by atoms with Gasteiger partial charge < -0.3 is 20.2 Å². The van der Waals surface area contributed by atoms with Gasteiger partial charge in [0.2, 0.25) is 5.95 Å². The number of nitrogens with one attached hydrogen (secondary N) is 1. The maximum atomic E-state index is 14.9. The van der Waals surface area contributed by atoms with Crippen LogP contribution in [0.2, 0.25) is 10.0 Å². The zero-order chi connectivity index (χ0) is 26.5. The minimum atomic E-state index is -0.680. The number of likely N-dealkylation sites (tertiary alicyclic amines) is 1. The normalized spacial score (nSPS) is 27.4. The van der Waals surface area contributed by atoms with Gasteiger partial charge in [0.05, 0.1) is 17.2 Å². The molecular formula is C27H34Cl2FN5O2. The maximum Gasteiger partial charge on any atom is 0.309 e. The van der Waals surface area contributed by atoms with Crippen LogP contribution in [0.15, 0.2) is 18.2 Å². The Bertz CT molecular complexity index is 1190. The molecule has 37 heavy (non-hydrogen) atoms. The summed E-state index contributed by atoms with van der Waals surface area (Å²) in [4.78, 5) is 25.1. The molecule has 1 unspecified atom stereocenters. The van der Waals surface area contributed by atoms with Crippen LogP contribution in [0.25, 0.3) is 0 Å². The number of rotatable bonds is 7. The first-order chi connectivity index (χ1) is 17.5. The van der Waals surface area contributed by atoms with E-state index in [9.17, 15) is 14.3 Å². The minimum absolute atomic E-state index is 0.166. The average Bonchev–Trinajstić information content (AvgIpc) is 2.79. The van der Waals surface area contributed by atoms with Crippen LogP contribution in [-0.4, -0.2) is 58.2 Å². The van der Waals surface area contributed by atoms with E-state index in [2.05, 4.69) is 25.1 Å². The van der Waals surface area contributed by atoms with Crippen molar-refractivity contribution in [2.75, 3.05) is 36.4 Å². The Morgan fingerprint density at radius 1 is 1.22 bits per heavy atom. The number of nitrogens with zero attached hydrogens (tertiary/aromatic N) is 4. The number of piperidine rings is 1. The van der Waals surface area contributed by atoms with Crippen molar-refractivity contribution < 1.29 is 14.3 Å². The summed E-state index contributed by atoms with van der Waals surface area (Å²) in [5.41, 5.74) is 0.551. The number of aliphatic carboxylic acids is 1. The van der Waals surface area contributed by atoms with Crippen molar-refractivity contribution in [3.8, 4) is 0 Å². The molecule has 0 bridgehead atoms. The Balaban J connectivity index is 1.20. The number of carbonyl (C=O) groups is 1. The van der Waals surface area contributed by atoms with E-state index in [0.29, 0.717) is 39.6 Å². The molecule has 7 nitrogen and oxygen atoms in total. The molecule has 1 aliphatic carbocycles. The number of aryl methyl sites for hydroxylation is 1. The molecular weight excluding hydrogens is 516 g/mol. The van der Waals surface area contributed by atoms with Gasteiger partial charge in [0.15, 0.2) is 11.6 Å². The van der Waals surface area contributed by atoms with Crippen LogP contribution in [0.5, 0.6) is 0 Å². The highest BCUT2D eigenvalue weighted by atomic mass is 35.5. The maximum absolute atomic E-state index is 14.9. The fourth-order valence-corrected chi connectivity index (χ4v) is 6.63. The van der Waals surface area contributed by atoms with Crippen LogP contribution >= 0.6 is 23.2 Å². The number of benzene rings is 1. The van der Waals surface area contributed by atoms with Crippen LogP contribution in [0.3, 0.4) is 0 Å². The summed E-state index contributed by atoms with van der Waals surface area (Å²) >= 11 is 12.4. The van der Waals surface area contributed by atoms with E-state index >= 15 is 0 Å². The van der Waals surface area contributed by atoms with Gasteiger partial charge >= 0.3 is 5.97 Å². The smallest absolute Gasteiger partial charge is 0.309 e. The second-order valence-electron chi connectivity index (χ2n) is 11.3. The molecule has 10 heteroatoms. The van der Waals surface area contributed by atoms with Crippen molar-refractivity contribution in [2.24, 2.45) is 17.3 Å². The molecule has 0 radical (unpaired) electrons. The summed E-state index contributed by atoms with van der Waals surface area (Å²) in [6.07, 6.45) is 3.81. The van der Waals surface area contributed by atoms with Gasteiger partial charge in [-0.25, -0.2) is 9.37 Å². The highest BCUT2D eigenvalue weighted by Gasteiger charge is 2.49. The summed E-state index contributed by atoms with van der Waals surface area (Å²) in [5.74, 6) is 0.671. The largest absolute Gasteiger partial charge is 0.481 e. The van der Waals surface area contributed by atoms with Crippen LogP contribution in [0.4, 0.5) is 16.2 Å². The Morgan fingerprint density at radius 2 is 1.95 bits per heavy atom. The lowest BCUT2D eigenvalue weighted by atomic mass is 9.65. The molecule has 1 saturated carbocycles. The summed E-state index contributed by atoms with van der Waals surface area (Å²) in [5, 5.41) is 13.7. The Kier molecular flexibility index (Phi) is 7.29. The molecule has 200 valence electrons. The van der Waals surface area contributed by atoms with Gasteiger partial charge in [-0.05, 0) is 82.5 Å². The number of hydrogen-bond donors (Lipinski definition) is 2. The van der Waals surface area contributed by atoms with Crippen molar-refractivity contribution in [1.29, 1.82) is 0 Å². The first-order valence-electron chi connectivity index (χ1n) is 13.0. The number of aromatic nitrogens is 2. The van der Waals surface area contributed by atoms with E-state index in [1.807, 2.05) is 19.9 Å². The second-order valence-corrected chi connectivity index (χ2v) is 12.1. The van der Waals surface area contributed by atoms with Crippen molar-refractivity contribution >= 4 is 40.9 Å². The molecule has 2 aliphatic heterocycles. The van der Waals surface area contributed by atoms with Crippen molar-refractivity contribution in [1.82, 2.24) is 14.9 Å². The monoisotopic (exact) mass is 549 g/mol. The first kappa shape index (κ1) is 26.4. The summed E-state index contributed by atoms with van der Waals surface area (Å²) in [6, 6.07) is 5.37. The summed E-state index contributed by atoms with van der Waals surface area (Å²) in [6.45, 7) is 9.19. The molecule has 1 aromatic carbocycles. The molecule has 2 aromatic rings. The van der Waals surface area contributed by atoms with Crippen molar-refractivity contribution in [3.05, 3.63) is 45.3 Å². The highest BCUT2D eigenvalue weighted by Crippen LogP contribution is 2.45. The second kappa shape index (κ2) is 10.2. The fraction of sp³-hybridized carbons (Fsp3) is 0.593. The summed E-state index contributed by atoms with van der Waals surface area (Å²) < 4.78 is 14.9. The van der Waals surface area contributed by atoms with E-state index < -0.39 is 17.2 Å². The zero-order valence-corrected chi connectivity index (χ0v) is 23.0. The van der Waals surface area contributed by atoms with E-state index in [0.717, 1.165) is 51.0 Å². The van der Waals surface area contributed by atoms with Gasteiger partial charge in [-0.3, -0.25) is 4.79 Å². The van der Waals surface area contributed by atoms with Crippen LogP contribution < -0.4 is 10.2 Å². The van der Waals surface area contributed by atoms with E-state index in [-0.39, 0.29) is 11.9 Å². The molecule has 1 aromatic heterocycles. The van der Waals surface area contributed by atoms with Crippen molar-refractivity contribution in [2.45, 2.75) is 58.5 Å². The van der Waals surface area contributed by atoms with Gasteiger partial charge in [-0.1, -0.05) is 29.3 Å². The van der Waals surface area contributed by atoms with Crippen LogP contribution in [-0.2, 0) is 4.79 Å². The number of carboxylic acid groups (broad SMARTS) is 1. The number of hydrogen-bond acceptors (Lipinski definition) is 6. The van der Waals surface area contributed by atoms with Crippen molar-refractivity contribution in [3.63, 3.8) is 0 Å². The topological polar surface area (TPSA) is 81.6 Å². The molecule has 2 saturated heterocycles. The Labute approximate surface area is 227 Å². The van der Waals surface area contributed by atoms with Crippen LogP contribution in [0, 0.1) is 30.0 Å². The lowest BCUT2D eigenvalue weighted by molar-refractivity contribution is -0.158. The van der Waals surface area contributed by atoms with Gasteiger partial charge in [0.25, 0.3) is 0 Å². The van der Waals surface area contributed by atoms with Crippen LogP contribution in [0.1, 0.15) is 56.8 Å². The predicted octanol–water partition coefficient (Wildman–Crippen LogP) is 5.81. The number of anilines is 2. The van der Waals surface area contributed by atoms with Gasteiger partial charge in [-0.15, -0.1) is 0 Å². The third kappa shape index (κ3) is 5.25. The number of halogens is 3. The quantitative estimate of drug-likeness (QED) is 0.451. The Morgan fingerprint density at radius 3 is 2.62 bits per heavy atom. The predicted molar refractivity (Wildman–Crippen MR) is 144 cm³/mol. The molecule has 2 N–H and O–H groups in total. The summed E-state index contributed by atoms with van der Waals surface area (Å²) in [7, 11) is 0. The third-order valence-corrected chi connectivity index (χ3v) is 9.10. The Hall–Kier alpha value is -2.16. The fourth-order valence-electron chi connectivity index (χ4n) is 6.06.